The largest absolute Gasteiger partial charge is 0.343 e. The molecule has 2 aromatic rings. The number of aromatic amines is 1. The lowest BCUT2D eigenvalue weighted by molar-refractivity contribution is 0.722. The smallest absolute Gasteiger partial charge is 0.278 e. The Balaban J connectivity index is 2.86. The number of rotatable bonds is 2. The molecule has 1 N–H and O–H groups in total. The number of aromatic nitrogens is 3. The molecule has 2 heterocycles. The van der Waals surface area contributed by atoms with Gasteiger partial charge in [0.25, 0.3) is 5.56 Å². The first-order valence-corrected chi connectivity index (χ1v) is 5.62. The van der Waals surface area contributed by atoms with Crippen molar-refractivity contribution in [3.05, 3.63) is 33.9 Å². The molecule has 0 spiro atoms. The molecule has 0 fully saturated rings. The van der Waals surface area contributed by atoms with E-state index in [9.17, 15) is 4.79 Å². The van der Waals surface area contributed by atoms with Gasteiger partial charge in [-0.05, 0) is 11.8 Å². The molecule has 4 nitrogen and oxygen atoms in total. The molecule has 0 saturated heterocycles. The van der Waals surface area contributed by atoms with Crippen molar-refractivity contribution in [1.29, 1.82) is 0 Å². The van der Waals surface area contributed by atoms with Gasteiger partial charge in [-0.15, -0.1) is 0 Å². The SMILES string of the molecule is CC(C)c1[nH]c2ccnn2c(=O)c1C(C)C. The van der Waals surface area contributed by atoms with E-state index in [4.69, 9.17) is 0 Å². The number of fused-ring (bicyclic) bond motifs is 1. The first kappa shape index (κ1) is 10.9. The third-order valence-corrected chi connectivity index (χ3v) is 2.77. The van der Waals surface area contributed by atoms with Crippen molar-refractivity contribution in [2.45, 2.75) is 39.5 Å². The van der Waals surface area contributed by atoms with Gasteiger partial charge in [0, 0.05) is 17.3 Å². The second kappa shape index (κ2) is 3.77. The number of hydrogen-bond acceptors (Lipinski definition) is 2. The molecule has 0 amide bonds. The number of nitrogens with one attached hydrogen (secondary N) is 1. The highest BCUT2D eigenvalue weighted by atomic mass is 16.1. The maximum atomic E-state index is 12.2. The van der Waals surface area contributed by atoms with E-state index in [1.165, 1.54) is 4.52 Å². The van der Waals surface area contributed by atoms with Crippen molar-refractivity contribution in [3.8, 4) is 0 Å². The van der Waals surface area contributed by atoms with E-state index >= 15 is 0 Å². The van der Waals surface area contributed by atoms with Crippen molar-refractivity contribution in [1.82, 2.24) is 14.6 Å². The Morgan fingerprint density at radius 1 is 1.25 bits per heavy atom. The van der Waals surface area contributed by atoms with Crippen molar-refractivity contribution >= 4 is 5.65 Å². The van der Waals surface area contributed by atoms with Gasteiger partial charge < -0.3 is 4.98 Å². The average Bonchev–Trinajstić information content (AvgIpc) is 2.64. The highest BCUT2D eigenvalue weighted by molar-refractivity contribution is 5.40. The van der Waals surface area contributed by atoms with Crippen LogP contribution < -0.4 is 5.56 Å². The van der Waals surface area contributed by atoms with Crippen molar-refractivity contribution in [2.75, 3.05) is 0 Å². The molecule has 0 radical (unpaired) electrons. The van der Waals surface area contributed by atoms with Crippen LogP contribution in [0.4, 0.5) is 0 Å². The highest BCUT2D eigenvalue weighted by Gasteiger charge is 2.17. The van der Waals surface area contributed by atoms with E-state index in [0.29, 0.717) is 5.92 Å². The predicted octanol–water partition coefficient (Wildman–Crippen LogP) is 2.27. The zero-order valence-electron chi connectivity index (χ0n) is 10.1. The molecule has 16 heavy (non-hydrogen) atoms. The Bertz CT molecular complexity index is 563. The van der Waals surface area contributed by atoms with Crippen LogP contribution in [0.3, 0.4) is 0 Å². The lowest BCUT2D eigenvalue weighted by atomic mass is 9.97. The van der Waals surface area contributed by atoms with E-state index in [-0.39, 0.29) is 11.5 Å². The second-order valence-corrected chi connectivity index (χ2v) is 4.70. The normalized spacial score (nSPS) is 11.9. The van der Waals surface area contributed by atoms with E-state index in [2.05, 4.69) is 23.9 Å². The minimum Gasteiger partial charge on any atom is -0.343 e. The van der Waals surface area contributed by atoms with Crippen LogP contribution in [0.25, 0.3) is 5.65 Å². The Hall–Kier alpha value is -1.58. The molecule has 0 aromatic carbocycles. The maximum Gasteiger partial charge on any atom is 0.278 e. The first-order valence-electron chi connectivity index (χ1n) is 5.62. The molecule has 4 heteroatoms. The molecule has 0 bridgehead atoms. The maximum absolute atomic E-state index is 12.2. The molecule has 0 unspecified atom stereocenters. The van der Waals surface area contributed by atoms with Crippen molar-refractivity contribution in [3.63, 3.8) is 0 Å². The van der Waals surface area contributed by atoms with Crippen LogP contribution >= 0.6 is 0 Å². The lowest BCUT2D eigenvalue weighted by Crippen LogP contribution is -2.24. The Morgan fingerprint density at radius 3 is 2.50 bits per heavy atom. The van der Waals surface area contributed by atoms with Crippen LogP contribution in [-0.4, -0.2) is 14.6 Å². The number of hydrogen-bond donors (Lipinski definition) is 1. The van der Waals surface area contributed by atoms with Gasteiger partial charge in [0.15, 0.2) is 0 Å². The summed E-state index contributed by atoms with van der Waals surface area (Å²) in [6.45, 7) is 8.24. The van der Waals surface area contributed by atoms with E-state index in [1.54, 1.807) is 6.20 Å². The highest BCUT2D eigenvalue weighted by Crippen LogP contribution is 2.21. The third-order valence-electron chi connectivity index (χ3n) is 2.77. The molecule has 2 rings (SSSR count). The zero-order chi connectivity index (χ0) is 11.9. The fourth-order valence-corrected chi connectivity index (χ4v) is 2.01. The fourth-order valence-electron chi connectivity index (χ4n) is 2.01. The summed E-state index contributed by atoms with van der Waals surface area (Å²) in [6.07, 6.45) is 1.64. The van der Waals surface area contributed by atoms with Crippen molar-refractivity contribution in [2.24, 2.45) is 0 Å². The first-order chi connectivity index (χ1) is 7.52. The summed E-state index contributed by atoms with van der Waals surface area (Å²) in [7, 11) is 0. The minimum absolute atomic E-state index is 0.00236. The van der Waals surface area contributed by atoms with Gasteiger partial charge >= 0.3 is 0 Å². The monoisotopic (exact) mass is 219 g/mol. The molecule has 0 saturated carbocycles. The molecule has 2 aromatic heterocycles. The quantitative estimate of drug-likeness (QED) is 0.842. The lowest BCUT2D eigenvalue weighted by Gasteiger charge is -2.15. The van der Waals surface area contributed by atoms with E-state index < -0.39 is 0 Å². The minimum atomic E-state index is -0.00236. The summed E-state index contributed by atoms with van der Waals surface area (Å²) < 4.78 is 1.43. The van der Waals surface area contributed by atoms with Gasteiger partial charge in [0.05, 0.1) is 6.20 Å². The van der Waals surface area contributed by atoms with E-state index in [1.807, 2.05) is 19.9 Å². The van der Waals surface area contributed by atoms with Crippen LogP contribution in [0.5, 0.6) is 0 Å². The summed E-state index contributed by atoms with van der Waals surface area (Å²) in [4.78, 5) is 15.5. The van der Waals surface area contributed by atoms with Crippen LogP contribution in [0.15, 0.2) is 17.1 Å². The topological polar surface area (TPSA) is 50.2 Å². The summed E-state index contributed by atoms with van der Waals surface area (Å²) >= 11 is 0. The Labute approximate surface area is 94.3 Å². The summed E-state index contributed by atoms with van der Waals surface area (Å²) in [5.74, 6) is 0.514. The van der Waals surface area contributed by atoms with Gasteiger partial charge in [-0.3, -0.25) is 4.79 Å². The fraction of sp³-hybridized carbons (Fsp3) is 0.500. The van der Waals surface area contributed by atoms with Gasteiger partial charge in [-0.2, -0.15) is 9.61 Å². The second-order valence-electron chi connectivity index (χ2n) is 4.70. The Morgan fingerprint density at radius 2 is 1.94 bits per heavy atom. The number of H-pyrrole nitrogens is 1. The molecule has 86 valence electrons. The summed E-state index contributed by atoms with van der Waals surface area (Å²) in [6, 6.07) is 1.82. The van der Waals surface area contributed by atoms with Crippen LogP contribution in [0, 0.1) is 0 Å². The van der Waals surface area contributed by atoms with Gasteiger partial charge in [0.1, 0.15) is 5.65 Å². The standard InChI is InChI=1S/C12H17N3O/c1-7(2)10-11(8(3)4)14-9-5-6-13-15(9)12(10)16/h5-8,14H,1-4H3. The van der Waals surface area contributed by atoms with Crippen LogP contribution in [0.1, 0.15) is 50.8 Å². The summed E-state index contributed by atoms with van der Waals surface area (Å²) in [5.41, 5.74) is 2.62. The Kier molecular flexibility index (Phi) is 2.58. The number of nitrogens with zero attached hydrogens (tertiary/aromatic N) is 2. The van der Waals surface area contributed by atoms with Gasteiger partial charge in [-0.25, -0.2) is 0 Å². The molecular weight excluding hydrogens is 202 g/mol. The summed E-state index contributed by atoms with van der Waals surface area (Å²) in [5, 5.41) is 4.03. The molecule has 0 aliphatic heterocycles. The van der Waals surface area contributed by atoms with E-state index in [0.717, 1.165) is 16.9 Å². The molecule has 0 atom stereocenters. The molecule has 0 aliphatic carbocycles. The zero-order valence-corrected chi connectivity index (χ0v) is 10.1. The average molecular weight is 219 g/mol. The predicted molar refractivity (Wildman–Crippen MR) is 64.0 cm³/mol. The third kappa shape index (κ3) is 1.54. The molecular formula is C12H17N3O. The van der Waals surface area contributed by atoms with Crippen LogP contribution in [-0.2, 0) is 0 Å². The van der Waals surface area contributed by atoms with Gasteiger partial charge in [-0.1, -0.05) is 27.7 Å². The van der Waals surface area contributed by atoms with Crippen molar-refractivity contribution < 1.29 is 0 Å². The molecule has 0 aliphatic rings. The van der Waals surface area contributed by atoms with Crippen LogP contribution in [0.2, 0.25) is 0 Å². The van der Waals surface area contributed by atoms with Gasteiger partial charge in [0.2, 0.25) is 0 Å².